The molecule has 0 aliphatic carbocycles. The number of carbonyl (C=O) groups excluding carboxylic acids is 1. The Hall–Kier alpha value is -2.74. The molecule has 0 fully saturated rings. The highest BCUT2D eigenvalue weighted by Crippen LogP contribution is 2.27. The summed E-state index contributed by atoms with van der Waals surface area (Å²) in [6.07, 6.45) is 1.10. The van der Waals surface area contributed by atoms with Crippen LogP contribution in [0.3, 0.4) is 0 Å². The highest BCUT2D eigenvalue weighted by atomic mass is 32.2. The van der Waals surface area contributed by atoms with Crippen molar-refractivity contribution in [2.45, 2.75) is 26.8 Å². The van der Waals surface area contributed by atoms with Crippen LogP contribution in [-0.4, -0.2) is 46.9 Å². The van der Waals surface area contributed by atoms with Crippen LogP contribution in [0.4, 0.5) is 5.69 Å². The molecule has 0 aliphatic heterocycles. The van der Waals surface area contributed by atoms with Gasteiger partial charge in [0.2, 0.25) is 15.9 Å². The minimum absolute atomic E-state index is 0.223. The maximum Gasteiger partial charge on any atom is 0.243 e. The van der Waals surface area contributed by atoms with E-state index in [0.29, 0.717) is 17.2 Å². The average Bonchev–Trinajstić information content (AvgIpc) is 2.67. The topological polar surface area (TPSA) is 84.9 Å². The fraction of sp³-hybridized carbons (Fsp3) is 0.381. The molecule has 1 N–H and O–H groups in total. The van der Waals surface area contributed by atoms with E-state index < -0.39 is 22.0 Å². The molecule has 0 aliphatic rings. The molecule has 158 valence electrons. The second kappa shape index (κ2) is 9.65. The molecule has 2 rings (SSSR count). The molecule has 7 nitrogen and oxygen atoms in total. The van der Waals surface area contributed by atoms with Gasteiger partial charge in [-0.3, -0.25) is 9.10 Å². The van der Waals surface area contributed by atoms with E-state index in [4.69, 9.17) is 9.47 Å². The normalized spacial score (nSPS) is 12.2. The lowest BCUT2D eigenvalue weighted by molar-refractivity contribution is -0.121. The summed E-state index contributed by atoms with van der Waals surface area (Å²) in [4.78, 5) is 12.6. The van der Waals surface area contributed by atoms with Gasteiger partial charge < -0.3 is 14.8 Å². The van der Waals surface area contributed by atoms with E-state index >= 15 is 0 Å². The zero-order valence-corrected chi connectivity index (χ0v) is 18.2. The molecule has 0 saturated carbocycles. The predicted molar refractivity (Wildman–Crippen MR) is 114 cm³/mol. The number of para-hydroxylation sites is 2. The molecular weight excluding hydrogens is 392 g/mol. The van der Waals surface area contributed by atoms with Gasteiger partial charge in [0.05, 0.1) is 25.6 Å². The smallest absolute Gasteiger partial charge is 0.243 e. The third kappa shape index (κ3) is 5.87. The molecular formula is C21H28N2O5S. The lowest BCUT2D eigenvalue weighted by Crippen LogP contribution is -2.48. The molecule has 2 aromatic rings. The number of anilines is 1. The van der Waals surface area contributed by atoms with Crippen LogP contribution in [0.25, 0.3) is 0 Å². The van der Waals surface area contributed by atoms with Crippen molar-refractivity contribution in [2.24, 2.45) is 0 Å². The van der Waals surface area contributed by atoms with Crippen molar-refractivity contribution < 1.29 is 22.7 Å². The summed E-state index contributed by atoms with van der Waals surface area (Å²) in [7, 11) is -2.11. The molecule has 0 spiro atoms. The highest BCUT2D eigenvalue weighted by Gasteiger charge is 2.30. The van der Waals surface area contributed by atoms with Crippen molar-refractivity contribution in [3.8, 4) is 11.5 Å². The molecule has 2 aromatic carbocycles. The van der Waals surface area contributed by atoms with Crippen molar-refractivity contribution in [2.75, 3.05) is 30.8 Å². The number of amides is 1. The van der Waals surface area contributed by atoms with E-state index in [9.17, 15) is 13.2 Å². The Kier molecular flexibility index (Phi) is 7.50. The SMILES string of the molecule is COc1ccccc1OCCNC(=O)C(C)N(c1cc(C)ccc1C)S(C)(=O)=O. The van der Waals surface area contributed by atoms with Crippen LogP contribution in [0.15, 0.2) is 42.5 Å². The first-order chi connectivity index (χ1) is 13.6. The summed E-state index contributed by atoms with van der Waals surface area (Å²) in [5.74, 6) is 0.774. The van der Waals surface area contributed by atoms with Gasteiger partial charge in [-0.1, -0.05) is 24.3 Å². The Balaban J connectivity index is 2.05. The molecule has 1 unspecified atom stereocenters. The zero-order chi connectivity index (χ0) is 21.6. The number of ether oxygens (including phenoxy) is 2. The maximum atomic E-state index is 12.6. The average molecular weight is 421 g/mol. The van der Waals surface area contributed by atoms with Crippen LogP contribution in [-0.2, 0) is 14.8 Å². The van der Waals surface area contributed by atoms with Crippen LogP contribution < -0.4 is 19.1 Å². The summed E-state index contributed by atoms with van der Waals surface area (Å²) in [6, 6.07) is 11.8. The first-order valence-corrected chi connectivity index (χ1v) is 11.1. The van der Waals surface area contributed by atoms with Crippen LogP contribution in [0.2, 0.25) is 0 Å². The van der Waals surface area contributed by atoms with E-state index in [-0.39, 0.29) is 13.2 Å². The first-order valence-electron chi connectivity index (χ1n) is 9.25. The molecule has 8 heteroatoms. The molecule has 0 saturated heterocycles. The third-order valence-corrected chi connectivity index (χ3v) is 5.65. The van der Waals surface area contributed by atoms with E-state index in [0.717, 1.165) is 21.7 Å². The largest absolute Gasteiger partial charge is 0.493 e. The molecule has 0 aromatic heterocycles. The standard InChI is InChI=1S/C21H28N2O5S/c1-15-10-11-16(2)18(14-15)23(29(5,25)26)17(3)21(24)22-12-13-28-20-9-7-6-8-19(20)27-4/h6-11,14,17H,12-13H2,1-5H3,(H,22,24). The molecule has 29 heavy (non-hydrogen) atoms. The maximum absolute atomic E-state index is 12.6. The van der Waals surface area contributed by atoms with E-state index in [1.54, 1.807) is 32.2 Å². The fourth-order valence-electron chi connectivity index (χ4n) is 2.96. The second-order valence-electron chi connectivity index (χ2n) is 6.82. The Bertz CT molecular complexity index is 959. The number of methoxy groups -OCH3 is 1. The quantitative estimate of drug-likeness (QED) is 0.631. The summed E-state index contributed by atoms with van der Waals surface area (Å²) in [5, 5.41) is 2.74. The summed E-state index contributed by atoms with van der Waals surface area (Å²) in [6.45, 7) is 5.72. The van der Waals surface area contributed by atoms with Crippen LogP contribution in [0, 0.1) is 13.8 Å². The minimum Gasteiger partial charge on any atom is -0.493 e. The van der Waals surface area contributed by atoms with Crippen molar-refractivity contribution in [3.63, 3.8) is 0 Å². The predicted octanol–water partition coefficient (Wildman–Crippen LogP) is 2.66. The van der Waals surface area contributed by atoms with E-state index in [2.05, 4.69) is 5.32 Å². The number of hydrogen-bond acceptors (Lipinski definition) is 5. The Labute approximate surface area is 172 Å². The second-order valence-corrected chi connectivity index (χ2v) is 8.67. The lowest BCUT2D eigenvalue weighted by Gasteiger charge is -2.29. The van der Waals surface area contributed by atoms with Gasteiger partial charge in [0.25, 0.3) is 0 Å². The third-order valence-electron chi connectivity index (χ3n) is 4.42. The monoisotopic (exact) mass is 420 g/mol. The number of hydrogen-bond donors (Lipinski definition) is 1. The van der Waals surface area contributed by atoms with Gasteiger partial charge in [0.15, 0.2) is 11.5 Å². The summed E-state index contributed by atoms with van der Waals surface area (Å²) >= 11 is 0. The number of nitrogens with zero attached hydrogens (tertiary/aromatic N) is 1. The molecule has 1 atom stereocenters. The van der Waals surface area contributed by atoms with Gasteiger partial charge >= 0.3 is 0 Å². The Morgan fingerprint density at radius 2 is 1.79 bits per heavy atom. The number of nitrogens with one attached hydrogen (secondary N) is 1. The fourth-order valence-corrected chi connectivity index (χ4v) is 4.18. The number of carbonyl (C=O) groups is 1. The lowest BCUT2D eigenvalue weighted by atomic mass is 10.1. The number of benzene rings is 2. The van der Waals surface area contributed by atoms with Gasteiger partial charge in [0, 0.05) is 0 Å². The molecule has 0 bridgehead atoms. The van der Waals surface area contributed by atoms with Gasteiger partial charge in [0.1, 0.15) is 12.6 Å². The van der Waals surface area contributed by atoms with Crippen LogP contribution in [0.5, 0.6) is 11.5 Å². The molecule has 0 radical (unpaired) electrons. The number of sulfonamides is 1. The molecule has 1 amide bonds. The Morgan fingerprint density at radius 1 is 1.14 bits per heavy atom. The van der Waals surface area contributed by atoms with Crippen LogP contribution in [0.1, 0.15) is 18.1 Å². The molecule has 0 heterocycles. The van der Waals surface area contributed by atoms with Gasteiger partial charge in [-0.05, 0) is 50.1 Å². The summed E-state index contributed by atoms with van der Waals surface area (Å²) in [5.41, 5.74) is 2.19. The zero-order valence-electron chi connectivity index (χ0n) is 17.4. The highest BCUT2D eigenvalue weighted by molar-refractivity contribution is 7.92. The van der Waals surface area contributed by atoms with Crippen molar-refractivity contribution >= 4 is 21.6 Å². The van der Waals surface area contributed by atoms with E-state index in [1.165, 1.54) is 0 Å². The van der Waals surface area contributed by atoms with Crippen LogP contribution >= 0.6 is 0 Å². The number of aryl methyl sites for hydroxylation is 2. The van der Waals surface area contributed by atoms with Crippen molar-refractivity contribution in [1.82, 2.24) is 5.32 Å². The number of rotatable bonds is 9. The van der Waals surface area contributed by atoms with Crippen molar-refractivity contribution in [1.29, 1.82) is 0 Å². The minimum atomic E-state index is -3.66. The first kappa shape index (κ1) is 22.5. The summed E-state index contributed by atoms with van der Waals surface area (Å²) < 4.78 is 36.9. The van der Waals surface area contributed by atoms with Gasteiger partial charge in [-0.25, -0.2) is 8.42 Å². The Morgan fingerprint density at radius 3 is 2.41 bits per heavy atom. The van der Waals surface area contributed by atoms with E-state index in [1.807, 2.05) is 38.1 Å². The van der Waals surface area contributed by atoms with Gasteiger partial charge in [-0.2, -0.15) is 0 Å². The van der Waals surface area contributed by atoms with Gasteiger partial charge in [-0.15, -0.1) is 0 Å². The van der Waals surface area contributed by atoms with Crippen molar-refractivity contribution in [3.05, 3.63) is 53.6 Å².